The van der Waals surface area contributed by atoms with Gasteiger partial charge >= 0.3 is 0 Å². The fourth-order valence-electron chi connectivity index (χ4n) is 4.18. The van der Waals surface area contributed by atoms with E-state index in [9.17, 15) is 4.79 Å². The van der Waals surface area contributed by atoms with Crippen molar-refractivity contribution in [2.24, 2.45) is 5.92 Å². The molecule has 4 nitrogen and oxygen atoms in total. The van der Waals surface area contributed by atoms with Crippen LogP contribution in [0.1, 0.15) is 36.8 Å². The highest BCUT2D eigenvalue weighted by atomic mass is 35.5. The molecule has 0 saturated carbocycles. The second-order valence-corrected chi connectivity index (χ2v) is 8.11. The molecule has 27 heavy (non-hydrogen) atoms. The van der Waals surface area contributed by atoms with Crippen molar-refractivity contribution in [3.8, 4) is 0 Å². The van der Waals surface area contributed by atoms with Crippen LogP contribution in [0.3, 0.4) is 0 Å². The molecule has 1 amide bonds. The number of carbonyl (C=O) groups is 1. The van der Waals surface area contributed by atoms with Gasteiger partial charge in [0.15, 0.2) is 0 Å². The second kappa shape index (κ2) is 7.89. The van der Waals surface area contributed by atoms with E-state index in [4.69, 9.17) is 11.6 Å². The standard InChI is InChI=1S/C22H26ClN3O/c1-16-5-8-21(24-15-16)25-12-9-17(10-13-25)22(27)26-11-3-2-4-18-14-19(23)6-7-20(18)26/h5-8,14-15,17H,2-4,9-13H2,1H3. The molecule has 0 atom stereocenters. The highest BCUT2D eigenvalue weighted by molar-refractivity contribution is 6.30. The van der Waals surface area contributed by atoms with Gasteiger partial charge < -0.3 is 9.80 Å². The first-order valence-corrected chi connectivity index (χ1v) is 10.3. The monoisotopic (exact) mass is 383 g/mol. The Morgan fingerprint density at radius 3 is 2.67 bits per heavy atom. The first kappa shape index (κ1) is 18.3. The molecule has 2 aliphatic rings. The summed E-state index contributed by atoms with van der Waals surface area (Å²) in [6.45, 7) is 4.63. The largest absolute Gasteiger partial charge is 0.357 e. The van der Waals surface area contributed by atoms with Gasteiger partial charge in [-0.2, -0.15) is 0 Å². The number of halogens is 1. The van der Waals surface area contributed by atoms with Crippen LogP contribution >= 0.6 is 11.6 Å². The maximum atomic E-state index is 13.3. The van der Waals surface area contributed by atoms with Gasteiger partial charge in [-0.05, 0) is 74.4 Å². The van der Waals surface area contributed by atoms with Gasteiger partial charge in [-0.3, -0.25) is 4.79 Å². The number of aromatic nitrogens is 1. The van der Waals surface area contributed by atoms with Crippen LogP contribution in [0.15, 0.2) is 36.5 Å². The quantitative estimate of drug-likeness (QED) is 0.758. The number of anilines is 2. The molecular weight excluding hydrogens is 358 g/mol. The van der Waals surface area contributed by atoms with Crippen molar-refractivity contribution >= 4 is 29.0 Å². The average Bonchev–Trinajstić information content (AvgIpc) is 2.90. The lowest BCUT2D eigenvalue weighted by atomic mass is 9.94. The van der Waals surface area contributed by atoms with Gasteiger partial charge in [0.1, 0.15) is 5.82 Å². The van der Waals surface area contributed by atoms with Crippen molar-refractivity contribution in [2.75, 3.05) is 29.4 Å². The number of fused-ring (bicyclic) bond motifs is 1. The van der Waals surface area contributed by atoms with Crippen molar-refractivity contribution in [3.63, 3.8) is 0 Å². The summed E-state index contributed by atoms with van der Waals surface area (Å²) >= 11 is 6.18. The summed E-state index contributed by atoms with van der Waals surface area (Å²) in [4.78, 5) is 22.1. The minimum absolute atomic E-state index is 0.0910. The third-order valence-electron chi connectivity index (χ3n) is 5.74. The Morgan fingerprint density at radius 1 is 1.11 bits per heavy atom. The zero-order chi connectivity index (χ0) is 18.8. The van der Waals surface area contributed by atoms with Crippen molar-refractivity contribution in [1.82, 2.24) is 4.98 Å². The summed E-state index contributed by atoms with van der Waals surface area (Å²) in [5.41, 5.74) is 3.43. The Balaban J connectivity index is 1.46. The van der Waals surface area contributed by atoms with Gasteiger partial charge in [-0.25, -0.2) is 4.98 Å². The fraction of sp³-hybridized carbons (Fsp3) is 0.455. The van der Waals surface area contributed by atoms with Gasteiger partial charge in [-0.15, -0.1) is 0 Å². The molecule has 0 bridgehead atoms. The highest BCUT2D eigenvalue weighted by Gasteiger charge is 2.31. The average molecular weight is 384 g/mol. The van der Waals surface area contributed by atoms with Crippen LogP contribution in [0.4, 0.5) is 11.5 Å². The van der Waals surface area contributed by atoms with E-state index >= 15 is 0 Å². The molecule has 0 spiro atoms. The maximum Gasteiger partial charge on any atom is 0.230 e. The van der Waals surface area contributed by atoms with Gasteiger partial charge in [-0.1, -0.05) is 17.7 Å². The topological polar surface area (TPSA) is 36.4 Å². The van der Waals surface area contributed by atoms with Gasteiger partial charge in [0.25, 0.3) is 0 Å². The number of amides is 1. The molecular formula is C22H26ClN3O. The summed E-state index contributed by atoms with van der Waals surface area (Å²) in [6, 6.07) is 10.1. The van der Waals surface area contributed by atoms with Gasteiger partial charge in [0, 0.05) is 42.5 Å². The molecule has 0 unspecified atom stereocenters. The third-order valence-corrected chi connectivity index (χ3v) is 5.98. The predicted octanol–water partition coefficient (Wildman–Crippen LogP) is 4.63. The molecule has 3 heterocycles. The van der Waals surface area contributed by atoms with Crippen LogP contribution in [0.5, 0.6) is 0 Å². The Labute approximate surface area is 166 Å². The van der Waals surface area contributed by atoms with Crippen LogP contribution in [0.2, 0.25) is 5.02 Å². The molecule has 1 fully saturated rings. The number of hydrogen-bond donors (Lipinski definition) is 0. The molecule has 5 heteroatoms. The Hall–Kier alpha value is -2.07. The third kappa shape index (κ3) is 3.96. The molecule has 1 saturated heterocycles. The van der Waals surface area contributed by atoms with Gasteiger partial charge in [0.2, 0.25) is 5.91 Å². The predicted molar refractivity (Wildman–Crippen MR) is 111 cm³/mol. The van der Waals surface area contributed by atoms with Gasteiger partial charge in [0.05, 0.1) is 0 Å². The lowest BCUT2D eigenvalue weighted by molar-refractivity contribution is -0.123. The van der Waals surface area contributed by atoms with Crippen LogP contribution in [-0.4, -0.2) is 30.5 Å². The van der Waals surface area contributed by atoms with Crippen LogP contribution < -0.4 is 9.80 Å². The molecule has 0 aliphatic carbocycles. The summed E-state index contributed by atoms with van der Waals surface area (Å²) in [5, 5.41) is 0.752. The van der Waals surface area contributed by atoms with E-state index in [1.54, 1.807) is 0 Å². The number of rotatable bonds is 2. The van der Waals surface area contributed by atoms with Crippen LogP contribution in [-0.2, 0) is 11.2 Å². The minimum Gasteiger partial charge on any atom is -0.357 e. The van der Waals surface area contributed by atoms with Crippen molar-refractivity contribution in [1.29, 1.82) is 0 Å². The SMILES string of the molecule is Cc1ccc(N2CCC(C(=O)N3CCCCc4cc(Cl)ccc43)CC2)nc1. The van der Waals surface area contributed by atoms with E-state index in [0.29, 0.717) is 0 Å². The summed E-state index contributed by atoms with van der Waals surface area (Å²) in [7, 11) is 0. The lowest BCUT2D eigenvalue weighted by Crippen LogP contribution is -2.43. The highest BCUT2D eigenvalue weighted by Crippen LogP contribution is 2.32. The molecule has 142 valence electrons. The van der Waals surface area contributed by atoms with Crippen LogP contribution in [0.25, 0.3) is 0 Å². The van der Waals surface area contributed by atoms with Crippen molar-refractivity contribution < 1.29 is 4.79 Å². The number of carbonyl (C=O) groups excluding carboxylic acids is 1. The van der Waals surface area contributed by atoms with Crippen molar-refractivity contribution in [3.05, 3.63) is 52.7 Å². The zero-order valence-electron chi connectivity index (χ0n) is 15.8. The summed E-state index contributed by atoms with van der Waals surface area (Å²) < 4.78 is 0. The second-order valence-electron chi connectivity index (χ2n) is 7.68. The summed E-state index contributed by atoms with van der Waals surface area (Å²) in [6.07, 6.45) is 6.82. The number of nitrogens with zero attached hydrogens (tertiary/aromatic N) is 3. The molecule has 0 radical (unpaired) electrons. The lowest BCUT2D eigenvalue weighted by Gasteiger charge is -2.35. The van der Waals surface area contributed by atoms with E-state index < -0.39 is 0 Å². The number of hydrogen-bond acceptors (Lipinski definition) is 3. The van der Waals surface area contributed by atoms with E-state index in [1.165, 1.54) is 11.1 Å². The van der Waals surface area contributed by atoms with Crippen molar-refractivity contribution in [2.45, 2.75) is 39.0 Å². The minimum atomic E-state index is 0.0910. The maximum absolute atomic E-state index is 13.3. The normalized spacial score (nSPS) is 18.1. The Kier molecular flexibility index (Phi) is 5.35. The molecule has 2 aliphatic heterocycles. The Morgan fingerprint density at radius 2 is 1.93 bits per heavy atom. The molecule has 4 rings (SSSR count). The number of piperidine rings is 1. The smallest absolute Gasteiger partial charge is 0.230 e. The molecule has 1 aromatic carbocycles. The van der Waals surface area contributed by atoms with Crippen LogP contribution in [0, 0.1) is 12.8 Å². The first-order valence-electron chi connectivity index (χ1n) is 9.89. The molecule has 1 aromatic heterocycles. The summed E-state index contributed by atoms with van der Waals surface area (Å²) in [5.74, 6) is 1.38. The number of benzene rings is 1. The molecule has 2 aromatic rings. The number of pyridine rings is 1. The molecule has 0 N–H and O–H groups in total. The zero-order valence-corrected chi connectivity index (χ0v) is 16.6. The Bertz CT molecular complexity index is 813. The van der Waals surface area contributed by atoms with E-state index in [0.717, 1.165) is 68.3 Å². The first-order chi connectivity index (χ1) is 13.1. The van der Waals surface area contributed by atoms with E-state index in [2.05, 4.69) is 22.0 Å². The fourth-order valence-corrected chi connectivity index (χ4v) is 4.37. The van der Waals surface area contributed by atoms with E-state index in [1.807, 2.05) is 36.2 Å². The number of aryl methyl sites for hydroxylation is 2. The van der Waals surface area contributed by atoms with E-state index in [-0.39, 0.29) is 11.8 Å².